The smallest absolute Gasteiger partial charge is 0.423 e. The molecular weight excluding hydrogens is 229 g/mol. The monoisotopic (exact) mass is 249 g/mol. The Morgan fingerprint density at radius 3 is 2.89 bits per heavy atom. The van der Waals surface area contributed by atoms with Gasteiger partial charge in [0.05, 0.1) is 12.7 Å². The average molecular weight is 249 g/mol. The second kappa shape index (κ2) is 5.84. The molecule has 0 spiro atoms. The van der Waals surface area contributed by atoms with Gasteiger partial charge in [-0.05, 0) is 24.9 Å². The molecule has 1 aliphatic heterocycles. The second-order valence-corrected chi connectivity index (χ2v) is 5.04. The van der Waals surface area contributed by atoms with E-state index < -0.39 is 7.12 Å². The van der Waals surface area contributed by atoms with Crippen LogP contribution in [0, 0.1) is 0 Å². The third-order valence-corrected chi connectivity index (χ3v) is 3.37. The molecule has 98 valence electrons. The summed E-state index contributed by atoms with van der Waals surface area (Å²) in [5.74, 6) is 0. The van der Waals surface area contributed by atoms with Crippen molar-refractivity contribution >= 4 is 12.6 Å². The molecule has 0 aromatic heterocycles. The zero-order chi connectivity index (χ0) is 13.1. The Kier molecular flexibility index (Phi) is 4.40. The van der Waals surface area contributed by atoms with Crippen LogP contribution in [0.15, 0.2) is 24.3 Å². The Bertz CT molecular complexity index is 400. The number of morpholine rings is 1. The Morgan fingerprint density at radius 2 is 2.17 bits per heavy atom. The zero-order valence-corrected chi connectivity index (χ0v) is 10.9. The first kappa shape index (κ1) is 13.6. The fourth-order valence-electron chi connectivity index (χ4n) is 2.28. The van der Waals surface area contributed by atoms with Gasteiger partial charge in [-0.2, -0.15) is 0 Å². The van der Waals surface area contributed by atoms with Crippen LogP contribution in [-0.4, -0.2) is 47.4 Å². The van der Waals surface area contributed by atoms with Crippen LogP contribution in [-0.2, 0) is 11.3 Å². The minimum Gasteiger partial charge on any atom is -0.423 e. The number of benzene rings is 1. The number of ether oxygens (including phenoxy) is 1. The largest absolute Gasteiger partial charge is 0.488 e. The summed E-state index contributed by atoms with van der Waals surface area (Å²) in [6.45, 7) is 6.70. The van der Waals surface area contributed by atoms with Crippen molar-refractivity contribution in [3.8, 4) is 0 Å². The minimum absolute atomic E-state index is 0.257. The van der Waals surface area contributed by atoms with Crippen molar-refractivity contribution in [1.82, 2.24) is 4.90 Å². The van der Waals surface area contributed by atoms with E-state index >= 15 is 0 Å². The van der Waals surface area contributed by atoms with Crippen molar-refractivity contribution < 1.29 is 14.8 Å². The maximum Gasteiger partial charge on any atom is 0.488 e. The first-order valence-corrected chi connectivity index (χ1v) is 6.37. The molecule has 0 amide bonds. The van der Waals surface area contributed by atoms with Crippen molar-refractivity contribution in [2.24, 2.45) is 0 Å². The van der Waals surface area contributed by atoms with Gasteiger partial charge in [-0.3, -0.25) is 4.90 Å². The lowest BCUT2D eigenvalue weighted by Crippen LogP contribution is -2.46. The van der Waals surface area contributed by atoms with Gasteiger partial charge in [0.2, 0.25) is 0 Å². The topological polar surface area (TPSA) is 52.9 Å². The highest BCUT2D eigenvalue weighted by Gasteiger charge is 2.23. The maximum atomic E-state index is 9.17. The Labute approximate surface area is 108 Å². The molecule has 1 heterocycles. The summed E-state index contributed by atoms with van der Waals surface area (Å²) in [5.41, 5.74) is 1.64. The lowest BCUT2D eigenvalue weighted by molar-refractivity contribution is -0.0526. The molecule has 18 heavy (non-hydrogen) atoms. The maximum absolute atomic E-state index is 9.17. The summed E-state index contributed by atoms with van der Waals surface area (Å²) in [6, 6.07) is 7.83. The predicted octanol–water partition coefficient (Wildman–Crippen LogP) is -0.0244. The second-order valence-electron chi connectivity index (χ2n) is 5.04. The van der Waals surface area contributed by atoms with Gasteiger partial charge < -0.3 is 14.8 Å². The summed E-state index contributed by atoms with van der Waals surface area (Å²) in [6.07, 6.45) is 0.257. The van der Waals surface area contributed by atoms with Crippen molar-refractivity contribution in [2.75, 3.05) is 13.2 Å². The fraction of sp³-hybridized carbons (Fsp3) is 0.538. The third-order valence-electron chi connectivity index (χ3n) is 3.37. The molecule has 0 bridgehead atoms. The van der Waals surface area contributed by atoms with E-state index in [1.165, 1.54) is 0 Å². The van der Waals surface area contributed by atoms with E-state index in [0.29, 0.717) is 11.5 Å². The molecule has 1 saturated heterocycles. The summed E-state index contributed by atoms with van der Waals surface area (Å²) >= 11 is 0. The molecule has 2 rings (SSSR count). The van der Waals surface area contributed by atoms with Gasteiger partial charge in [0.15, 0.2) is 0 Å². The van der Waals surface area contributed by atoms with Gasteiger partial charge >= 0.3 is 7.12 Å². The summed E-state index contributed by atoms with van der Waals surface area (Å²) in [7, 11) is -1.40. The van der Waals surface area contributed by atoms with Crippen LogP contribution in [0.1, 0.15) is 19.4 Å². The molecule has 1 aromatic carbocycles. The van der Waals surface area contributed by atoms with Gasteiger partial charge in [-0.1, -0.05) is 24.3 Å². The third kappa shape index (κ3) is 3.33. The molecule has 5 heteroatoms. The molecule has 2 N–H and O–H groups in total. The van der Waals surface area contributed by atoms with Crippen molar-refractivity contribution in [3.05, 3.63) is 29.8 Å². The lowest BCUT2D eigenvalue weighted by atomic mass is 9.79. The average Bonchev–Trinajstić information content (AvgIpc) is 2.34. The summed E-state index contributed by atoms with van der Waals surface area (Å²) in [5, 5.41) is 18.3. The highest BCUT2D eigenvalue weighted by atomic mass is 16.5. The van der Waals surface area contributed by atoms with Crippen LogP contribution in [0.4, 0.5) is 0 Å². The summed E-state index contributed by atoms with van der Waals surface area (Å²) < 4.78 is 5.60. The summed E-state index contributed by atoms with van der Waals surface area (Å²) in [4.78, 5) is 2.36. The van der Waals surface area contributed by atoms with E-state index in [1.54, 1.807) is 6.07 Å². The Balaban J connectivity index is 2.06. The van der Waals surface area contributed by atoms with Gasteiger partial charge in [0.25, 0.3) is 0 Å². The predicted molar refractivity (Wildman–Crippen MR) is 71.6 cm³/mol. The fourth-order valence-corrected chi connectivity index (χ4v) is 2.28. The number of hydrogen-bond donors (Lipinski definition) is 2. The molecular formula is C13H20BNO3. The number of nitrogens with zero attached hydrogens (tertiary/aromatic N) is 1. The van der Waals surface area contributed by atoms with Gasteiger partial charge in [-0.25, -0.2) is 0 Å². The van der Waals surface area contributed by atoms with E-state index in [4.69, 9.17) is 4.74 Å². The Morgan fingerprint density at radius 1 is 1.39 bits per heavy atom. The zero-order valence-electron chi connectivity index (χ0n) is 10.9. The van der Waals surface area contributed by atoms with E-state index in [-0.39, 0.29) is 6.10 Å². The minimum atomic E-state index is -1.40. The molecule has 2 atom stereocenters. The Hall–Kier alpha value is -0.875. The molecule has 0 saturated carbocycles. The molecule has 1 aliphatic rings. The van der Waals surface area contributed by atoms with Crippen molar-refractivity contribution in [1.29, 1.82) is 0 Å². The molecule has 0 radical (unpaired) electrons. The molecule has 1 aromatic rings. The van der Waals surface area contributed by atoms with Crippen LogP contribution >= 0.6 is 0 Å². The molecule has 1 fully saturated rings. The first-order chi connectivity index (χ1) is 8.56. The van der Waals surface area contributed by atoms with Crippen LogP contribution in [0.25, 0.3) is 0 Å². The highest BCUT2D eigenvalue weighted by molar-refractivity contribution is 6.58. The van der Waals surface area contributed by atoms with Crippen LogP contribution < -0.4 is 5.46 Å². The van der Waals surface area contributed by atoms with E-state index in [0.717, 1.165) is 25.3 Å². The van der Waals surface area contributed by atoms with E-state index in [9.17, 15) is 10.0 Å². The quantitative estimate of drug-likeness (QED) is 0.739. The molecule has 2 unspecified atom stereocenters. The van der Waals surface area contributed by atoms with Gasteiger partial charge in [-0.15, -0.1) is 0 Å². The number of hydrogen-bond acceptors (Lipinski definition) is 4. The SMILES string of the molecule is CC1CN(Cc2cccc(B(O)O)c2)C(C)CO1. The number of rotatable bonds is 3. The normalized spacial score (nSPS) is 25.1. The molecule has 4 nitrogen and oxygen atoms in total. The van der Waals surface area contributed by atoms with E-state index in [1.807, 2.05) is 18.2 Å². The highest BCUT2D eigenvalue weighted by Crippen LogP contribution is 2.14. The van der Waals surface area contributed by atoms with Crippen LogP contribution in [0.3, 0.4) is 0 Å². The van der Waals surface area contributed by atoms with Gasteiger partial charge in [0, 0.05) is 19.1 Å². The van der Waals surface area contributed by atoms with Gasteiger partial charge in [0.1, 0.15) is 0 Å². The van der Waals surface area contributed by atoms with Crippen molar-refractivity contribution in [3.63, 3.8) is 0 Å². The standard InChI is InChI=1S/C13H20BNO3/c1-10-9-18-11(2)7-15(10)8-12-4-3-5-13(6-12)14(16)17/h3-6,10-11,16-17H,7-9H2,1-2H3. The van der Waals surface area contributed by atoms with Crippen molar-refractivity contribution in [2.45, 2.75) is 32.5 Å². The lowest BCUT2D eigenvalue weighted by Gasteiger charge is -2.36. The van der Waals surface area contributed by atoms with Crippen LogP contribution in [0.5, 0.6) is 0 Å². The van der Waals surface area contributed by atoms with Crippen LogP contribution in [0.2, 0.25) is 0 Å². The van der Waals surface area contributed by atoms with E-state index in [2.05, 4.69) is 18.7 Å². The first-order valence-electron chi connectivity index (χ1n) is 6.37. The molecule has 0 aliphatic carbocycles.